The highest BCUT2D eigenvalue weighted by atomic mass is 35.5. The van der Waals surface area contributed by atoms with E-state index >= 15 is 0 Å². The Morgan fingerprint density at radius 2 is 1.85 bits per heavy atom. The molecular weight excluding hydrogens is 784 g/mol. The predicted molar refractivity (Wildman–Crippen MR) is 198 cm³/mol. The van der Waals surface area contributed by atoms with Gasteiger partial charge in [-0.05, 0) is 26.0 Å². The SMILES string of the molecule is CO/N=C(/C(=O)NCC12CC[N+](CC3=C(C(=O)O)N4C(=O)[C@@H](NC(=O)/C(=N\OC(C)(C)C(=O)O)c5csc(N)n5)[C@H]4SC3)(CC1)C2)c1ccc(O)c(O)c1Cl. The zero-order chi connectivity index (χ0) is 40.0. The highest BCUT2D eigenvalue weighted by molar-refractivity contribution is 8.00. The zero-order valence-electron chi connectivity index (χ0n) is 29.7. The first-order chi connectivity index (χ1) is 25.9. The van der Waals surface area contributed by atoms with E-state index in [1.807, 2.05) is 0 Å². The van der Waals surface area contributed by atoms with Gasteiger partial charge in [-0.3, -0.25) is 19.3 Å². The molecule has 8 N–H and O–H groups in total. The van der Waals surface area contributed by atoms with Crippen LogP contribution in [0, 0.1) is 5.41 Å². The standard InChI is InChI=1S/C33H37ClN8O11S2/c1-32(2,30(50)51)53-40-21(17-12-55-31(35)37-17)26(46)38-22-27(47)41-23(29(48)49)15(11-54-28(22)41)10-42-8-6-33(14-42,7-9-42)13-36-25(45)20(39-52-3)16-4-5-18(43)24(44)19(16)34/h4-5,12,22,28H,6-11,13-14H2,1-3H3,(H7-,35,36,37,38,39,40,43,44,45,46,48,49,50,51)/p+1/t22-,28-,33?,42?/m1/s1. The van der Waals surface area contributed by atoms with Crippen molar-refractivity contribution in [2.45, 2.75) is 43.7 Å². The van der Waals surface area contributed by atoms with E-state index in [4.69, 9.17) is 27.0 Å². The van der Waals surface area contributed by atoms with Gasteiger partial charge in [0.05, 0.1) is 24.7 Å². The molecule has 1 aromatic heterocycles. The second-order valence-corrected chi connectivity index (χ2v) is 16.6. The molecule has 4 aliphatic rings. The Morgan fingerprint density at radius 3 is 2.47 bits per heavy atom. The highest BCUT2D eigenvalue weighted by Crippen LogP contribution is 2.48. The molecule has 4 aliphatic heterocycles. The Kier molecular flexibility index (Phi) is 10.7. The third-order valence-corrected chi connectivity index (χ3v) is 12.6. The number of carbonyl (C=O) groups excluding carboxylic acids is 3. The van der Waals surface area contributed by atoms with Gasteiger partial charge in [-0.25, -0.2) is 14.6 Å². The number of piperidine rings is 1. The summed E-state index contributed by atoms with van der Waals surface area (Å²) in [6.07, 6.45) is 1.49. The van der Waals surface area contributed by atoms with Gasteiger partial charge in [0.25, 0.3) is 17.7 Å². The maximum absolute atomic E-state index is 13.5. The number of phenols is 2. The Balaban J connectivity index is 1.13. The number of nitrogens with one attached hydrogen (secondary N) is 2. The molecular formula is C33H38ClN8O11S2+. The molecule has 55 heavy (non-hydrogen) atoms. The second kappa shape index (κ2) is 14.8. The summed E-state index contributed by atoms with van der Waals surface area (Å²) in [6.45, 7) is 5.20. The van der Waals surface area contributed by atoms with Crippen LogP contribution in [-0.4, -0.2) is 138 Å². The first-order valence-corrected chi connectivity index (χ1v) is 19.1. The number of rotatable bonds is 14. The Morgan fingerprint density at radius 1 is 1.15 bits per heavy atom. The summed E-state index contributed by atoms with van der Waals surface area (Å²) in [7, 11) is 1.25. The van der Waals surface area contributed by atoms with Crippen LogP contribution in [-0.2, 0) is 33.6 Å². The van der Waals surface area contributed by atoms with E-state index in [9.17, 15) is 44.4 Å². The fourth-order valence-electron chi connectivity index (χ4n) is 7.27. The van der Waals surface area contributed by atoms with Crippen molar-refractivity contribution < 1.29 is 58.6 Å². The zero-order valence-corrected chi connectivity index (χ0v) is 32.1. The van der Waals surface area contributed by atoms with Gasteiger partial charge in [-0.2, -0.15) is 0 Å². The van der Waals surface area contributed by atoms with Gasteiger partial charge in [0, 0.05) is 47.1 Å². The molecule has 19 nitrogen and oxygen atoms in total. The number of nitrogen functional groups attached to an aromatic ring is 1. The third kappa shape index (κ3) is 7.48. The van der Waals surface area contributed by atoms with Gasteiger partial charge in [0.2, 0.25) is 5.60 Å². The summed E-state index contributed by atoms with van der Waals surface area (Å²) >= 11 is 8.51. The molecule has 3 saturated heterocycles. The van der Waals surface area contributed by atoms with Crippen molar-refractivity contribution in [1.29, 1.82) is 0 Å². The van der Waals surface area contributed by atoms with Gasteiger partial charge in [-0.1, -0.05) is 21.9 Å². The number of carbonyl (C=O) groups is 5. The first-order valence-electron chi connectivity index (χ1n) is 16.8. The third-order valence-electron chi connectivity index (χ3n) is 10.2. The van der Waals surface area contributed by atoms with E-state index in [1.54, 1.807) is 0 Å². The normalized spacial score (nSPS) is 24.9. The molecule has 0 saturated carbocycles. The molecule has 5 heterocycles. The number of phenolic OH excluding ortho intramolecular Hbond substituents is 2. The number of aromatic hydroxyl groups is 2. The van der Waals surface area contributed by atoms with Crippen molar-refractivity contribution in [3.8, 4) is 11.5 Å². The number of benzene rings is 1. The monoisotopic (exact) mass is 821 g/mol. The van der Waals surface area contributed by atoms with E-state index in [0.29, 0.717) is 36.2 Å². The molecule has 22 heteroatoms. The maximum atomic E-state index is 13.5. The van der Waals surface area contributed by atoms with E-state index < -0.39 is 63.9 Å². The van der Waals surface area contributed by atoms with Crippen LogP contribution < -0.4 is 16.4 Å². The van der Waals surface area contributed by atoms with Crippen molar-refractivity contribution in [3.05, 3.63) is 45.1 Å². The number of carboxylic acid groups (broad SMARTS) is 2. The quantitative estimate of drug-likeness (QED) is 0.0459. The fourth-order valence-corrected chi connectivity index (χ4v) is 9.40. The van der Waals surface area contributed by atoms with Crippen molar-refractivity contribution in [1.82, 2.24) is 20.5 Å². The number of carboxylic acids is 2. The average Bonchev–Trinajstić information content (AvgIpc) is 3.84. The largest absolute Gasteiger partial charge is 0.504 e. The minimum absolute atomic E-state index is 0.000824. The summed E-state index contributed by atoms with van der Waals surface area (Å²) in [5, 5.41) is 53.2. The van der Waals surface area contributed by atoms with Crippen LogP contribution in [0.15, 0.2) is 39.1 Å². The second-order valence-electron chi connectivity index (χ2n) is 14.2. The van der Waals surface area contributed by atoms with Crippen LogP contribution >= 0.6 is 34.7 Å². The minimum atomic E-state index is -1.80. The van der Waals surface area contributed by atoms with Crippen LogP contribution in [0.25, 0.3) is 0 Å². The Labute approximate surface area is 326 Å². The van der Waals surface area contributed by atoms with Crippen molar-refractivity contribution in [3.63, 3.8) is 0 Å². The van der Waals surface area contributed by atoms with Gasteiger partial charge in [0.15, 0.2) is 28.1 Å². The molecule has 6 rings (SSSR count). The number of nitrogens with two attached hydrogens (primary N) is 1. The van der Waals surface area contributed by atoms with Crippen LogP contribution in [0.4, 0.5) is 5.13 Å². The number of quaternary nitrogens is 1. The smallest absolute Gasteiger partial charge is 0.352 e. The molecule has 3 fully saturated rings. The molecule has 294 valence electrons. The number of oxime groups is 2. The van der Waals surface area contributed by atoms with Gasteiger partial charge in [0.1, 0.15) is 36.5 Å². The lowest BCUT2D eigenvalue weighted by Crippen LogP contribution is -2.71. The predicted octanol–water partition coefficient (Wildman–Crippen LogP) is 0.890. The number of aromatic nitrogens is 1. The average molecular weight is 822 g/mol. The molecule has 2 bridgehead atoms. The first kappa shape index (κ1) is 39.6. The van der Waals surface area contributed by atoms with Gasteiger partial charge >= 0.3 is 11.9 Å². The fraction of sp³-hybridized carbons (Fsp3) is 0.455. The van der Waals surface area contributed by atoms with Crippen LogP contribution in [0.2, 0.25) is 5.02 Å². The number of thioether (sulfide) groups is 1. The van der Waals surface area contributed by atoms with Crippen molar-refractivity contribution in [2.24, 2.45) is 15.7 Å². The summed E-state index contributed by atoms with van der Waals surface area (Å²) in [5.41, 5.74) is 3.55. The summed E-state index contributed by atoms with van der Waals surface area (Å²) in [5.74, 6) is -5.53. The van der Waals surface area contributed by atoms with E-state index in [0.717, 1.165) is 24.2 Å². The lowest BCUT2D eigenvalue weighted by Gasteiger charge is -2.50. The lowest BCUT2D eigenvalue weighted by molar-refractivity contribution is -0.904. The maximum Gasteiger partial charge on any atom is 0.352 e. The van der Waals surface area contributed by atoms with Gasteiger partial charge in [-0.15, -0.1) is 23.1 Å². The number of thiazole rings is 1. The molecule has 0 spiro atoms. The topological polar surface area (TPSA) is 276 Å². The highest BCUT2D eigenvalue weighted by Gasteiger charge is 2.58. The number of amides is 3. The molecule has 2 aromatic rings. The van der Waals surface area contributed by atoms with E-state index in [-0.39, 0.29) is 50.5 Å². The number of fused-ring (bicyclic) bond motifs is 3. The number of hydrogen-bond donors (Lipinski definition) is 7. The number of β-lactam (4-membered cyclic amide) rings is 1. The van der Waals surface area contributed by atoms with Crippen molar-refractivity contribution >= 4 is 80.9 Å². The van der Waals surface area contributed by atoms with E-state index in [1.165, 1.54) is 55.1 Å². The number of aliphatic carboxylic acids is 2. The lowest BCUT2D eigenvalue weighted by atomic mass is 9.84. The van der Waals surface area contributed by atoms with Crippen molar-refractivity contribution in [2.75, 3.05) is 51.3 Å². The van der Waals surface area contributed by atoms with Gasteiger partial charge < -0.3 is 51.0 Å². The summed E-state index contributed by atoms with van der Waals surface area (Å²) in [4.78, 5) is 79.8. The van der Waals surface area contributed by atoms with E-state index in [2.05, 4.69) is 25.9 Å². The molecule has 1 aromatic carbocycles. The Hall–Kier alpha value is -5.12. The number of nitrogens with zero attached hydrogens (tertiary/aromatic N) is 5. The number of anilines is 1. The minimum Gasteiger partial charge on any atom is -0.504 e. The van der Waals surface area contributed by atoms with Crippen LogP contribution in [0.5, 0.6) is 11.5 Å². The van der Waals surface area contributed by atoms with Crippen LogP contribution in [0.3, 0.4) is 0 Å². The summed E-state index contributed by atoms with van der Waals surface area (Å²) in [6, 6.07) is 1.40. The molecule has 0 radical (unpaired) electrons. The molecule has 0 aliphatic carbocycles. The molecule has 0 unspecified atom stereocenters. The Bertz CT molecular complexity index is 2060. The number of halogens is 1. The van der Waals surface area contributed by atoms with Crippen LogP contribution in [0.1, 0.15) is 37.9 Å². The number of hydrogen-bond acceptors (Lipinski definition) is 15. The summed E-state index contributed by atoms with van der Waals surface area (Å²) < 4.78 is 0.565. The molecule has 2 atom stereocenters. The molecule has 3 amide bonds.